The van der Waals surface area contributed by atoms with Crippen molar-refractivity contribution in [2.24, 2.45) is 0 Å². The third kappa shape index (κ3) is 4.13. The predicted molar refractivity (Wildman–Crippen MR) is 99.7 cm³/mol. The zero-order chi connectivity index (χ0) is 17.6. The molecule has 0 bridgehead atoms. The van der Waals surface area contributed by atoms with Gasteiger partial charge in [-0.15, -0.1) is 11.3 Å². The molecule has 1 unspecified atom stereocenters. The molecule has 0 aliphatic rings. The molecule has 1 aromatic heterocycles. The molecule has 0 fully saturated rings. The van der Waals surface area contributed by atoms with Crippen molar-refractivity contribution in [2.45, 2.75) is 19.0 Å². The van der Waals surface area contributed by atoms with Crippen LogP contribution in [0.4, 0.5) is 0 Å². The average Bonchev–Trinajstić information content (AvgIpc) is 3.17. The molecule has 3 aromatic rings. The standard InChI is InChI=1S/C20H20N2O2S/c1-14(19-21-13-17(25-19)20(23)24-2)22-18(15-9-5-3-6-10-15)16-11-7-4-8-12-16/h3-14,18,22H,1-2H3. The highest BCUT2D eigenvalue weighted by Crippen LogP contribution is 2.27. The Balaban J connectivity index is 1.85. The van der Waals surface area contributed by atoms with Crippen molar-refractivity contribution in [3.8, 4) is 0 Å². The second-order valence-corrected chi connectivity index (χ2v) is 6.76. The van der Waals surface area contributed by atoms with Gasteiger partial charge in [0, 0.05) is 0 Å². The van der Waals surface area contributed by atoms with E-state index in [0.29, 0.717) is 4.88 Å². The fraction of sp³-hybridized carbons (Fsp3) is 0.200. The van der Waals surface area contributed by atoms with Gasteiger partial charge >= 0.3 is 5.97 Å². The van der Waals surface area contributed by atoms with E-state index < -0.39 is 0 Å². The SMILES string of the molecule is COC(=O)c1cnc(C(C)NC(c2ccccc2)c2ccccc2)s1. The molecule has 4 nitrogen and oxygen atoms in total. The number of benzene rings is 2. The Morgan fingerprint density at radius 3 is 2.12 bits per heavy atom. The van der Waals surface area contributed by atoms with Gasteiger partial charge in [0.1, 0.15) is 9.88 Å². The summed E-state index contributed by atoms with van der Waals surface area (Å²) < 4.78 is 4.76. The number of ether oxygens (including phenoxy) is 1. The van der Waals surface area contributed by atoms with E-state index in [1.165, 1.54) is 29.6 Å². The molecule has 1 heterocycles. The predicted octanol–water partition coefficient (Wildman–Crippen LogP) is 4.37. The molecule has 5 heteroatoms. The molecule has 3 rings (SSSR count). The summed E-state index contributed by atoms with van der Waals surface area (Å²) >= 11 is 1.36. The van der Waals surface area contributed by atoms with E-state index in [1.807, 2.05) is 36.4 Å². The zero-order valence-electron chi connectivity index (χ0n) is 14.2. The normalized spacial score (nSPS) is 12.1. The maximum absolute atomic E-state index is 11.6. The number of thiazole rings is 1. The molecule has 2 aromatic carbocycles. The van der Waals surface area contributed by atoms with Crippen molar-refractivity contribution in [2.75, 3.05) is 7.11 Å². The van der Waals surface area contributed by atoms with E-state index in [9.17, 15) is 4.79 Å². The Labute approximate surface area is 151 Å². The minimum absolute atomic E-state index is 0.00572. The topological polar surface area (TPSA) is 51.2 Å². The van der Waals surface area contributed by atoms with Crippen LogP contribution in [0.1, 0.15) is 44.8 Å². The number of carbonyl (C=O) groups excluding carboxylic acids is 1. The van der Waals surface area contributed by atoms with Crippen LogP contribution in [-0.4, -0.2) is 18.1 Å². The summed E-state index contributed by atoms with van der Waals surface area (Å²) in [5.74, 6) is -0.349. The van der Waals surface area contributed by atoms with Crippen LogP contribution in [0.2, 0.25) is 0 Å². The summed E-state index contributed by atoms with van der Waals surface area (Å²) in [6.07, 6.45) is 1.57. The van der Waals surface area contributed by atoms with Gasteiger partial charge in [0.2, 0.25) is 0 Å². The molecule has 0 aliphatic heterocycles. The summed E-state index contributed by atoms with van der Waals surface area (Å²) in [5, 5.41) is 4.49. The second-order valence-electron chi connectivity index (χ2n) is 5.70. The highest BCUT2D eigenvalue weighted by molar-refractivity contribution is 7.13. The van der Waals surface area contributed by atoms with E-state index in [2.05, 4.69) is 41.5 Å². The summed E-state index contributed by atoms with van der Waals surface area (Å²) in [5.41, 5.74) is 2.37. The zero-order valence-corrected chi connectivity index (χ0v) is 15.0. The van der Waals surface area contributed by atoms with Gasteiger partial charge in [-0.1, -0.05) is 60.7 Å². The van der Waals surface area contributed by atoms with Gasteiger partial charge in [-0.2, -0.15) is 0 Å². The van der Waals surface area contributed by atoms with Crippen LogP contribution >= 0.6 is 11.3 Å². The Morgan fingerprint density at radius 2 is 1.60 bits per heavy atom. The summed E-state index contributed by atoms with van der Waals surface area (Å²) in [4.78, 5) is 16.5. The van der Waals surface area contributed by atoms with Crippen LogP contribution in [0, 0.1) is 0 Å². The molecule has 1 N–H and O–H groups in total. The Morgan fingerprint density at radius 1 is 1.04 bits per heavy atom. The van der Waals surface area contributed by atoms with Gasteiger partial charge < -0.3 is 4.74 Å². The Hall–Kier alpha value is -2.50. The summed E-state index contributed by atoms with van der Waals surface area (Å²) in [6, 6.07) is 20.7. The van der Waals surface area contributed by atoms with Gasteiger partial charge in [-0.25, -0.2) is 9.78 Å². The lowest BCUT2D eigenvalue weighted by Crippen LogP contribution is -2.25. The molecule has 0 radical (unpaired) electrons. The van der Waals surface area contributed by atoms with E-state index in [1.54, 1.807) is 6.20 Å². The molecule has 0 saturated carbocycles. The van der Waals surface area contributed by atoms with E-state index in [-0.39, 0.29) is 18.1 Å². The van der Waals surface area contributed by atoms with E-state index in [4.69, 9.17) is 4.74 Å². The van der Waals surface area contributed by atoms with Crippen molar-refractivity contribution >= 4 is 17.3 Å². The number of nitrogens with one attached hydrogen (secondary N) is 1. The van der Waals surface area contributed by atoms with E-state index >= 15 is 0 Å². The molecular formula is C20H20N2O2S. The fourth-order valence-corrected chi connectivity index (χ4v) is 3.53. The first-order chi connectivity index (χ1) is 12.2. The monoisotopic (exact) mass is 352 g/mol. The number of carbonyl (C=O) groups is 1. The van der Waals surface area contributed by atoms with Crippen molar-refractivity contribution < 1.29 is 9.53 Å². The maximum atomic E-state index is 11.6. The number of hydrogen-bond acceptors (Lipinski definition) is 5. The van der Waals surface area contributed by atoms with Crippen molar-refractivity contribution in [3.63, 3.8) is 0 Å². The summed E-state index contributed by atoms with van der Waals surface area (Å²) in [6.45, 7) is 2.05. The molecule has 0 spiro atoms. The molecule has 128 valence electrons. The lowest BCUT2D eigenvalue weighted by molar-refractivity contribution is 0.0606. The fourth-order valence-electron chi connectivity index (χ4n) is 2.68. The second kappa shape index (κ2) is 8.05. The molecular weight excluding hydrogens is 332 g/mol. The van der Waals surface area contributed by atoms with Crippen molar-refractivity contribution in [1.82, 2.24) is 10.3 Å². The third-order valence-corrected chi connectivity index (χ3v) is 5.12. The Kier molecular flexibility index (Phi) is 5.58. The minimum Gasteiger partial charge on any atom is -0.465 e. The number of nitrogens with zero attached hydrogens (tertiary/aromatic N) is 1. The lowest BCUT2D eigenvalue weighted by Gasteiger charge is -2.23. The molecule has 25 heavy (non-hydrogen) atoms. The Bertz CT molecular complexity index is 778. The molecule has 0 amide bonds. The largest absolute Gasteiger partial charge is 0.465 e. The van der Waals surface area contributed by atoms with Crippen LogP contribution in [0.3, 0.4) is 0 Å². The van der Waals surface area contributed by atoms with Crippen LogP contribution in [-0.2, 0) is 4.74 Å². The first-order valence-electron chi connectivity index (χ1n) is 8.09. The maximum Gasteiger partial charge on any atom is 0.349 e. The van der Waals surface area contributed by atoms with Crippen LogP contribution in [0.5, 0.6) is 0 Å². The van der Waals surface area contributed by atoms with Gasteiger partial charge in [0.25, 0.3) is 0 Å². The molecule has 0 saturated heterocycles. The highest BCUT2D eigenvalue weighted by Gasteiger charge is 2.20. The third-order valence-electron chi connectivity index (χ3n) is 3.96. The lowest BCUT2D eigenvalue weighted by atomic mass is 9.98. The quantitative estimate of drug-likeness (QED) is 0.669. The van der Waals surface area contributed by atoms with Gasteiger partial charge in [-0.05, 0) is 18.1 Å². The first-order valence-corrected chi connectivity index (χ1v) is 8.90. The number of rotatable bonds is 6. The smallest absolute Gasteiger partial charge is 0.349 e. The number of esters is 1. The highest BCUT2D eigenvalue weighted by atomic mass is 32.1. The molecule has 1 atom stereocenters. The van der Waals surface area contributed by atoms with E-state index in [0.717, 1.165) is 5.01 Å². The van der Waals surface area contributed by atoms with Crippen molar-refractivity contribution in [3.05, 3.63) is 87.9 Å². The van der Waals surface area contributed by atoms with Gasteiger partial charge in [0.15, 0.2) is 0 Å². The van der Waals surface area contributed by atoms with Crippen molar-refractivity contribution in [1.29, 1.82) is 0 Å². The minimum atomic E-state index is -0.349. The van der Waals surface area contributed by atoms with Gasteiger partial charge in [0.05, 0.1) is 25.4 Å². The summed E-state index contributed by atoms with van der Waals surface area (Å²) in [7, 11) is 1.38. The number of aromatic nitrogens is 1. The first kappa shape index (κ1) is 17.3. The van der Waals surface area contributed by atoms with Crippen LogP contribution < -0.4 is 5.32 Å². The number of methoxy groups -OCH3 is 1. The average molecular weight is 352 g/mol. The van der Waals surface area contributed by atoms with Crippen LogP contribution in [0.15, 0.2) is 66.9 Å². The number of hydrogen-bond donors (Lipinski definition) is 1. The van der Waals surface area contributed by atoms with Gasteiger partial charge in [-0.3, -0.25) is 5.32 Å². The van der Waals surface area contributed by atoms with Crippen LogP contribution in [0.25, 0.3) is 0 Å². The molecule has 0 aliphatic carbocycles.